The van der Waals surface area contributed by atoms with Crippen LogP contribution in [0.2, 0.25) is 0 Å². The zero-order valence-corrected chi connectivity index (χ0v) is 19.3. The maximum atomic E-state index is 12.1. The molecule has 0 bridgehead atoms. The van der Waals surface area contributed by atoms with E-state index in [0.29, 0.717) is 38.1 Å². The van der Waals surface area contributed by atoms with Crippen LogP contribution in [0.1, 0.15) is 36.4 Å². The number of hydrazone groups is 1. The second-order valence-corrected chi connectivity index (χ2v) is 10.8. The molecule has 4 aliphatic heterocycles. The molecule has 10 heteroatoms. The fourth-order valence-corrected chi connectivity index (χ4v) is 6.02. The van der Waals surface area contributed by atoms with Crippen molar-refractivity contribution in [3.05, 3.63) is 47.5 Å². The Balaban J connectivity index is 1.41. The molecule has 0 aromatic heterocycles. The summed E-state index contributed by atoms with van der Waals surface area (Å²) in [6.07, 6.45) is 2.96. The van der Waals surface area contributed by atoms with E-state index in [1.54, 1.807) is 7.11 Å². The molecule has 6 rings (SSSR count). The lowest BCUT2D eigenvalue weighted by atomic mass is 9.91. The molecule has 1 spiro atoms. The summed E-state index contributed by atoms with van der Waals surface area (Å²) >= 11 is 0. The third-order valence-electron chi connectivity index (χ3n) is 6.89. The summed E-state index contributed by atoms with van der Waals surface area (Å²) in [7, 11) is -1.63. The Morgan fingerprint density at radius 1 is 1.12 bits per heavy atom. The van der Waals surface area contributed by atoms with Crippen molar-refractivity contribution >= 4 is 15.7 Å². The molecule has 1 saturated heterocycles. The lowest BCUT2D eigenvalue weighted by Gasteiger charge is -2.50. The maximum absolute atomic E-state index is 12.1. The zero-order chi connectivity index (χ0) is 22.8. The van der Waals surface area contributed by atoms with Gasteiger partial charge in [-0.15, -0.1) is 0 Å². The molecule has 0 aliphatic carbocycles. The van der Waals surface area contributed by atoms with Gasteiger partial charge in [-0.2, -0.15) is 5.10 Å². The zero-order valence-electron chi connectivity index (χ0n) is 18.5. The van der Waals surface area contributed by atoms with Crippen molar-refractivity contribution in [1.29, 1.82) is 0 Å². The van der Waals surface area contributed by atoms with E-state index in [4.69, 9.17) is 24.0 Å². The van der Waals surface area contributed by atoms with Crippen LogP contribution in [-0.2, 0) is 10.0 Å². The first-order chi connectivity index (χ1) is 15.9. The number of rotatable bonds is 3. The van der Waals surface area contributed by atoms with Gasteiger partial charge in [-0.3, -0.25) is 0 Å². The largest absolute Gasteiger partial charge is 0.493 e. The van der Waals surface area contributed by atoms with Crippen LogP contribution >= 0.6 is 0 Å². The van der Waals surface area contributed by atoms with Crippen LogP contribution in [0.25, 0.3) is 0 Å². The number of hydrogen-bond acceptors (Lipinski definition) is 8. The average molecular weight is 472 g/mol. The highest BCUT2D eigenvalue weighted by Gasteiger charge is 2.53. The van der Waals surface area contributed by atoms with Crippen molar-refractivity contribution in [2.75, 3.05) is 33.2 Å². The van der Waals surface area contributed by atoms with E-state index >= 15 is 0 Å². The number of piperidine rings is 1. The monoisotopic (exact) mass is 471 g/mol. The fourth-order valence-electron chi connectivity index (χ4n) is 5.18. The molecule has 174 valence electrons. The van der Waals surface area contributed by atoms with E-state index in [9.17, 15) is 8.42 Å². The van der Waals surface area contributed by atoms with Crippen LogP contribution in [-0.4, -0.2) is 62.4 Å². The number of fused-ring (bicyclic) bond motifs is 5. The van der Waals surface area contributed by atoms with Crippen molar-refractivity contribution in [2.45, 2.75) is 31.0 Å². The van der Waals surface area contributed by atoms with E-state index in [0.717, 1.165) is 34.1 Å². The van der Waals surface area contributed by atoms with Gasteiger partial charge < -0.3 is 18.9 Å². The molecular weight excluding hydrogens is 446 g/mol. The van der Waals surface area contributed by atoms with E-state index in [2.05, 4.69) is 0 Å². The Morgan fingerprint density at radius 3 is 2.67 bits per heavy atom. The number of hydrogen-bond donors (Lipinski definition) is 0. The summed E-state index contributed by atoms with van der Waals surface area (Å²) in [5, 5.41) is 7.09. The van der Waals surface area contributed by atoms with Gasteiger partial charge in [0.2, 0.25) is 22.5 Å². The minimum atomic E-state index is -3.26. The quantitative estimate of drug-likeness (QED) is 0.680. The van der Waals surface area contributed by atoms with Crippen molar-refractivity contribution < 1.29 is 27.4 Å². The number of ether oxygens (including phenoxy) is 4. The van der Waals surface area contributed by atoms with Gasteiger partial charge in [0.25, 0.3) is 0 Å². The minimum absolute atomic E-state index is 0.0333. The van der Waals surface area contributed by atoms with Crippen LogP contribution < -0.4 is 18.9 Å². The molecule has 1 unspecified atom stereocenters. The van der Waals surface area contributed by atoms with Gasteiger partial charge >= 0.3 is 0 Å². The molecule has 1 fully saturated rings. The highest BCUT2D eigenvalue weighted by atomic mass is 32.2. The molecule has 4 heterocycles. The highest BCUT2D eigenvalue weighted by Crippen LogP contribution is 2.53. The number of benzene rings is 2. The first-order valence-corrected chi connectivity index (χ1v) is 12.8. The molecule has 33 heavy (non-hydrogen) atoms. The Labute approximate surface area is 192 Å². The Kier molecular flexibility index (Phi) is 4.54. The van der Waals surface area contributed by atoms with Crippen LogP contribution in [0.15, 0.2) is 41.5 Å². The number of methoxy groups -OCH3 is 1. The maximum Gasteiger partial charge on any atom is 0.231 e. The number of sulfonamides is 1. The molecule has 1 atom stereocenters. The van der Waals surface area contributed by atoms with Gasteiger partial charge in [0.1, 0.15) is 0 Å². The SMILES string of the molecule is COc1cccc2c1OC1(CCN(S(C)(=O)=O)CC1)N1N=C(c3ccc4c(c3)OCO4)CC21. The summed E-state index contributed by atoms with van der Waals surface area (Å²) in [4.78, 5) is 0. The van der Waals surface area contributed by atoms with Crippen molar-refractivity contribution in [3.8, 4) is 23.0 Å². The van der Waals surface area contributed by atoms with E-state index in [1.165, 1.54) is 10.6 Å². The summed E-state index contributed by atoms with van der Waals surface area (Å²) in [6, 6.07) is 11.7. The lowest BCUT2D eigenvalue weighted by molar-refractivity contribution is -0.144. The summed E-state index contributed by atoms with van der Waals surface area (Å²) in [5.41, 5.74) is 2.18. The topological polar surface area (TPSA) is 89.9 Å². The normalized spacial score (nSPS) is 23.0. The van der Waals surface area contributed by atoms with Gasteiger partial charge in [-0.25, -0.2) is 17.7 Å². The van der Waals surface area contributed by atoms with Crippen molar-refractivity contribution in [3.63, 3.8) is 0 Å². The molecule has 0 N–H and O–H groups in total. The van der Waals surface area contributed by atoms with Gasteiger partial charge in [0.15, 0.2) is 23.0 Å². The standard InChI is InChI=1S/C23H25N3O6S/c1-29-20-5-3-4-16-18-13-17(15-6-7-19-21(12-15)31-14-30-19)24-26(18)23(32-22(16)20)8-10-25(11-9-23)33(2,27)28/h3-7,12,18H,8-11,13-14H2,1-2H3. The molecule has 2 aromatic rings. The Hall–Kier alpha value is -2.98. The summed E-state index contributed by atoms with van der Waals surface area (Å²) in [5.74, 6) is 2.84. The molecule has 9 nitrogen and oxygen atoms in total. The second-order valence-electron chi connectivity index (χ2n) is 8.77. The molecule has 0 radical (unpaired) electrons. The van der Waals surface area contributed by atoms with Crippen molar-refractivity contribution in [1.82, 2.24) is 9.31 Å². The summed E-state index contributed by atoms with van der Waals surface area (Å²) < 4.78 is 49.0. The average Bonchev–Trinajstić information content (AvgIpc) is 3.46. The summed E-state index contributed by atoms with van der Waals surface area (Å²) in [6.45, 7) is 0.976. The molecule has 2 aromatic carbocycles. The first kappa shape index (κ1) is 20.6. The van der Waals surface area contributed by atoms with Crippen LogP contribution in [0, 0.1) is 0 Å². The molecule has 4 aliphatic rings. The fraction of sp³-hybridized carbons (Fsp3) is 0.435. The Bertz CT molecular complexity index is 1250. The van der Waals surface area contributed by atoms with Gasteiger partial charge in [-0.1, -0.05) is 12.1 Å². The molecule has 0 saturated carbocycles. The predicted octanol–water partition coefficient (Wildman–Crippen LogP) is 2.72. The highest BCUT2D eigenvalue weighted by molar-refractivity contribution is 7.88. The molecular formula is C23H25N3O6S. The van der Waals surface area contributed by atoms with E-state index in [1.807, 2.05) is 41.4 Å². The van der Waals surface area contributed by atoms with E-state index in [-0.39, 0.29) is 12.8 Å². The van der Waals surface area contributed by atoms with Gasteiger partial charge in [0, 0.05) is 43.5 Å². The van der Waals surface area contributed by atoms with Crippen LogP contribution in [0.3, 0.4) is 0 Å². The second kappa shape index (κ2) is 7.26. The van der Waals surface area contributed by atoms with Crippen LogP contribution in [0.5, 0.6) is 23.0 Å². The number of nitrogens with zero attached hydrogens (tertiary/aromatic N) is 3. The van der Waals surface area contributed by atoms with Gasteiger partial charge in [0.05, 0.1) is 25.1 Å². The smallest absolute Gasteiger partial charge is 0.231 e. The third-order valence-corrected chi connectivity index (χ3v) is 8.19. The lowest BCUT2D eigenvalue weighted by Crippen LogP contribution is -2.59. The van der Waals surface area contributed by atoms with Crippen molar-refractivity contribution in [2.24, 2.45) is 5.10 Å². The first-order valence-electron chi connectivity index (χ1n) is 11.0. The van der Waals surface area contributed by atoms with Gasteiger partial charge in [-0.05, 0) is 24.3 Å². The minimum Gasteiger partial charge on any atom is -0.493 e. The Morgan fingerprint density at radius 2 is 1.91 bits per heavy atom. The predicted molar refractivity (Wildman–Crippen MR) is 120 cm³/mol. The third kappa shape index (κ3) is 3.23. The molecule has 0 amide bonds. The van der Waals surface area contributed by atoms with E-state index < -0.39 is 15.7 Å². The number of para-hydroxylation sites is 1. The van der Waals surface area contributed by atoms with Crippen LogP contribution in [0.4, 0.5) is 0 Å².